The number of aryl methyl sites for hydroxylation is 2. The highest BCUT2D eigenvalue weighted by molar-refractivity contribution is 5.84. The summed E-state index contributed by atoms with van der Waals surface area (Å²) in [7, 11) is 1.56. The Balaban J connectivity index is 1.90. The van der Waals surface area contributed by atoms with Crippen molar-refractivity contribution in [1.82, 2.24) is 14.9 Å². The molecule has 1 fully saturated rings. The highest BCUT2D eigenvalue weighted by Gasteiger charge is 2.60. The van der Waals surface area contributed by atoms with E-state index in [1.54, 1.807) is 39.3 Å². The number of hydrogen-bond acceptors (Lipinski definition) is 8. The maximum Gasteiger partial charge on any atom is 0.411 e. The predicted octanol–water partition coefficient (Wildman–Crippen LogP) is 6.65. The summed E-state index contributed by atoms with van der Waals surface area (Å²) >= 11 is 0. The largest absolute Gasteiger partial charge is 0.481 e. The summed E-state index contributed by atoms with van der Waals surface area (Å²) in [6, 6.07) is 7.53. The van der Waals surface area contributed by atoms with Gasteiger partial charge in [-0.05, 0) is 82.3 Å². The highest BCUT2D eigenvalue weighted by atomic mass is 16.6. The van der Waals surface area contributed by atoms with Gasteiger partial charge < -0.3 is 24.1 Å². The fourth-order valence-electron chi connectivity index (χ4n) is 6.20. The Labute approximate surface area is 259 Å². The first-order chi connectivity index (χ1) is 20.6. The lowest BCUT2D eigenvalue weighted by Crippen LogP contribution is -2.47. The highest BCUT2D eigenvalue weighted by Crippen LogP contribution is 2.51. The van der Waals surface area contributed by atoms with Crippen LogP contribution in [0, 0.1) is 25.2 Å². The summed E-state index contributed by atoms with van der Waals surface area (Å²) in [5.74, 6) is -1.06. The van der Waals surface area contributed by atoms with Crippen molar-refractivity contribution < 1.29 is 33.6 Å². The van der Waals surface area contributed by atoms with Crippen molar-refractivity contribution in [3.8, 4) is 11.8 Å². The molecule has 1 N–H and O–H groups in total. The van der Waals surface area contributed by atoms with E-state index in [1.165, 1.54) is 4.90 Å². The number of aromatic nitrogens is 2. The number of carboxylic acids is 1. The fraction of sp³-hybridized carbons (Fsp3) is 0.529. The Kier molecular flexibility index (Phi) is 9.73. The number of aliphatic carboxylic acids is 1. The minimum Gasteiger partial charge on any atom is -0.481 e. The molecule has 0 radical (unpaired) electrons. The Morgan fingerprint density at radius 3 is 2.34 bits per heavy atom. The normalized spacial score (nSPS) is 20.4. The van der Waals surface area contributed by atoms with Crippen LogP contribution < -0.4 is 9.47 Å². The van der Waals surface area contributed by atoms with E-state index in [1.807, 2.05) is 60.6 Å². The molecule has 0 unspecified atom stereocenters. The summed E-state index contributed by atoms with van der Waals surface area (Å²) < 4.78 is 24.2. The Morgan fingerprint density at radius 1 is 1.05 bits per heavy atom. The Hall–Kier alpha value is -3.92. The molecule has 1 aromatic carbocycles. The first-order valence-corrected chi connectivity index (χ1v) is 15.0. The molecule has 3 heterocycles. The van der Waals surface area contributed by atoms with Crippen LogP contribution >= 0.6 is 0 Å². The van der Waals surface area contributed by atoms with Crippen LogP contribution in [0.3, 0.4) is 0 Å². The zero-order valence-electron chi connectivity index (χ0n) is 27.4. The van der Waals surface area contributed by atoms with Crippen molar-refractivity contribution in [2.45, 2.75) is 99.3 Å². The van der Waals surface area contributed by atoms with E-state index < -0.39 is 47.7 Å². The van der Waals surface area contributed by atoms with Crippen LogP contribution in [0.25, 0.3) is 10.9 Å². The Bertz CT molecular complexity index is 1510. The maximum atomic E-state index is 13.8. The van der Waals surface area contributed by atoms with Gasteiger partial charge in [-0.15, -0.1) is 0 Å². The molecule has 2 aromatic heterocycles. The summed E-state index contributed by atoms with van der Waals surface area (Å²) in [5, 5.41) is 11.6. The zero-order valence-corrected chi connectivity index (χ0v) is 27.4. The molecule has 0 bridgehead atoms. The molecule has 10 heteroatoms. The van der Waals surface area contributed by atoms with Gasteiger partial charge in [0.15, 0.2) is 0 Å². The quantitative estimate of drug-likeness (QED) is 0.285. The second-order valence-electron chi connectivity index (χ2n) is 13.1. The van der Waals surface area contributed by atoms with Crippen molar-refractivity contribution in [1.29, 1.82) is 0 Å². The van der Waals surface area contributed by atoms with Crippen molar-refractivity contribution >= 4 is 23.0 Å². The van der Waals surface area contributed by atoms with E-state index >= 15 is 0 Å². The SMILES string of the molecule is COc1nc2cc(C)cc(C)c2cc1CO[C@H]1[C@H](C(C)(C)C)[C@@H](C(=O)O)N(C(=O)OC(C)C)[C@H]1c1cccnc1OC(C)C. The average molecular weight is 608 g/mol. The van der Waals surface area contributed by atoms with E-state index in [9.17, 15) is 14.7 Å². The van der Waals surface area contributed by atoms with Gasteiger partial charge in [-0.1, -0.05) is 26.8 Å². The van der Waals surface area contributed by atoms with E-state index in [0.717, 1.165) is 22.0 Å². The molecular weight excluding hydrogens is 562 g/mol. The van der Waals surface area contributed by atoms with Gasteiger partial charge in [0.25, 0.3) is 0 Å². The second kappa shape index (κ2) is 13.0. The molecule has 3 aromatic rings. The lowest BCUT2D eigenvalue weighted by molar-refractivity contribution is -0.145. The molecular formula is C34H45N3O7. The number of likely N-dealkylation sites (tertiary alicyclic amines) is 1. The van der Waals surface area contributed by atoms with Gasteiger partial charge in [0.2, 0.25) is 11.8 Å². The monoisotopic (exact) mass is 607 g/mol. The van der Waals surface area contributed by atoms with Gasteiger partial charge in [-0.2, -0.15) is 0 Å². The predicted molar refractivity (Wildman–Crippen MR) is 167 cm³/mol. The zero-order chi connectivity index (χ0) is 32.5. The molecule has 4 rings (SSSR count). The van der Waals surface area contributed by atoms with Crippen LogP contribution in [0.2, 0.25) is 0 Å². The van der Waals surface area contributed by atoms with Crippen molar-refractivity contribution in [2.24, 2.45) is 11.3 Å². The van der Waals surface area contributed by atoms with Gasteiger partial charge in [0.05, 0.1) is 43.6 Å². The Morgan fingerprint density at radius 2 is 1.75 bits per heavy atom. The van der Waals surface area contributed by atoms with E-state index in [2.05, 4.69) is 11.1 Å². The van der Waals surface area contributed by atoms with Crippen LogP contribution in [0.15, 0.2) is 36.5 Å². The lowest BCUT2D eigenvalue weighted by atomic mass is 9.73. The van der Waals surface area contributed by atoms with Gasteiger partial charge in [-0.3, -0.25) is 4.90 Å². The van der Waals surface area contributed by atoms with Crippen LogP contribution in [-0.2, 0) is 20.9 Å². The average Bonchev–Trinajstić information content (AvgIpc) is 3.27. The van der Waals surface area contributed by atoms with Gasteiger partial charge in [0, 0.05) is 28.6 Å². The number of carboxylic acid groups (broad SMARTS) is 1. The molecule has 1 amide bonds. The number of amides is 1. The number of methoxy groups -OCH3 is 1. The molecule has 1 aliphatic rings. The van der Waals surface area contributed by atoms with Crippen LogP contribution in [0.1, 0.15) is 76.8 Å². The molecule has 0 spiro atoms. The lowest BCUT2D eigenvalue weighted by Gasteiger charge is -2.34. The maximum absolute atomic E-state index is 13.8. The molecule has 10 nitrogen and oxygen atoms in total. The molecule has 4 atom stereocenters. The number of pyridine rings is 2. The number of ether oxygens (including phenoxy) is 4. The van der Waals surface area contributed by atoms with Gasteiger partial charge in [0.1, 0.15) is 6.04 Å². The van der Waals surface area contributed by atoms with Crippen LogP contribution in [-0.4, -0.2) is 63.5 Å². The molecule has 238 valence electrons. The number of hydrogen-bond donors (Lipinski definition) is 1. The number of carbonyl (C=O) groups excluding carboxylic acids is 1. The van der Waals surface area contributed by atoms with E-state index in [0.29, 0.717) is 22.9 Å². The number of fused-ring (bicyclic) bond motifs is 1. The van der Waals surface area contributed by atoms with E-state index in [4.69, 9.17) is 23.9 Å². The van der Waals surface area contributed by atoms with Crippen molar-refractivity contribution in [2.75, 3.05) is 7.11 Å². The fourth-order valence-corrected chi connectivity index (χ4v) is 6.20. The number of benzene rings is 1. The smallest absolute Gasteiger partial charge is 0.411 e. The summed E-state index contributed by atoms with van der Waals surface area (Å²) in [5.41, 5.74) is 3.63. The first-order valence-electron chi connectivity index (χ1n) is 15.0. The minimum absolute atomic E-state index is 0.0627. The number of carbonyl (C=O) groups is 2. The van der Waals surface area contributed by atoms with Crippen molar-refractivity contribution in [3.63, 3.8) is 0 Å². The second-order valence-corrected chi connectivity index (χ2v) is 13.1. The summed E-state index contributed by atoms with van der Waals surface area (Å²) in [6.07, 6.45) is -0.601. The third kappa shape index (κ3) is 6.75. The topological polar surface area (TPSA) is 120 Å². The molecule has 44 heavy (non-hydrogen) atoms. The molecule has 0 saturated carbocycles. The molecule has 1 saturated heterocycles. The van der Waals surface area contributed by atoms with Crippen LogP contribution in [0.5, 0.6) is 11.8 Å². The summed E-state index contributed by atoms with van der Waals surface area (Å²) in [4.78, 5) is 37.4. The van der Waals surface area contributed by atoms with Gasteiger partial charge >= 0.3 is 12.1 Å². The molecule has 0 aliphatic carbocycles. The first kappa shape index (κ1) is 33.0. The number of rotatable bonds is 9. The number of nitrogens with zero attached hydrogens (tertiary/aromatic N) is 3. The third-order valence-corrected chi connectivity index (χ3v) is 7.82. The minimum atomic E-state index is -1.25. The summed E-state index contributed by atoms with van der Waals surface area (Å²) in [6.45, 7) is 17.2. The van der Waals surface area contributed by atoms with Crippen molar-refractivity contribution in [3.05, 3.63) is 58.8 Å². The van der Waals surface area contributed by atoms with Crippen LogP contribution in [0.4, 0.5) is 4.79 Å². The standard InChI is InChI=1S/C34H45N3O7/c1-18(2)43-31-23(12-11-13-35-31)27-29(26(34(7,8)9)28(32(38)39)37(27)33(40)44-19(3)4)42-17-22-16-24-21(6)14-20(5)15-25(24)36-30(22)41-10/h11-16,18-19,26-29H,17H2,1-10H3,(H,38,39)/t26-,27+,28+,29+/m1/s1. The third-order valence-electron chi connectivity index (χ3n) is 7.82. The van der Waals surface area contributed by atoms with E-state index in [-0.39, 0.29) is 12.7 Å². The van der Waals surface area contributed by atoms with Gasteiger partial charge in [-0.25, -0.2) is 19.6 Å². The molecule has 1 aliphatic heterocycles.